The zero-order valence-electron chi connectivity index (χ0n) is 19.2. The van der Waals surface area contributed by atoms with Gasteiger partial charge in [0, 0.05) is 45.7 Å². The van der Waals surface area contributed by atoms with Crippen molar-refractivity contribution < 1.29 is 19.0 Å². The lowest BCUT2D eigenvalue weighted by Gasteiger charge is -2.26. The number of carbonyl (C=O) groups excluding carboxylic acids is 1. The summed E-state index contributed by atoms with van der Waals surface area (Å²) in [5.41, 5.74) is 2.40. The van der Waals surface area contributed by atoms with Crippen LogP contribution in [0.25, 0.3) is 20.5 Å². The van der Waals surface area contributed by atoms with Gasteiger partial charge in [0.05, 0.1) is 20.3 Å². The van der Waals surface area contributed by atoms with E-state index in [1.807, 2.05) is 66.7 Å². The van der Waals surface area contributed by atoms with Gasteiger partial charge in [-0.1, -0.05) is 18.2 Å². The van der Waals surface area contributed by atoms with Gasteiger partial charge in [0.15, 0.2) is 5.78 Å². The van der Waals surface area contributed by atoms with E-state index in [9.17, 15) is 4.79 Å². The molecule has 3 aromatic carbocycles. The quantitative estimate of drug-likeness (QED) is 0.316. The summed E-state index contributed by atoms with van der Waals surface area (Å²) in [7, 11) is 1.65. The number of nitrogens with zero attached hydrogens (tertiary/aromatic N) is 1. The van der Waals surface area contributed by atoms with E-state index in [-0.39, 0.29) is 5.78 Å². The van der Waals surface area contributed by atoms with E-state index >= 15 is 0 Å². The molecule has 1 saturated heterocycles. The summed E-state index contributed by atoms with van der Waals surface area (Å²) < 4.78 is 17.7. The normalized spacial score (nSPS) is 14.3. The van der Waals surface area contributed by atoms with Gasteiger partial charge in [-0.05, 0) is 60.2 Å². The number of benzene rings is 3. The van der Waals surface area contributed by atoms with Gasteiger partial charge >= 0.3 is 0 Å². The molecule has 0 atom stereocenters. The summed E-state index contributed by atoms with van der Waals surface area (Å²) >= 11 is 1.64. The molecular formula is C28H27NO4S. The molecule has 5 nitrogen and oxygen atoms in total. The van der Waals surface area contributed by atoms with Gasteiger partial charge in [0.1, 0.15) is 18.1 Å². The van der Waals surface area contributed by atoms with Gasteiger partial charge in [0.25, 0.3) is 0 Å². The summed E-state index contributed by atoms with van der Waals surface area (Å²) in [6.45, 7) is 4.95. The molecule has 2 heterocycles. The largest absolute Gasteiger partial charge is 0.497 e. The van der Waals surface area contributed by atoms with E-state index in [1.54, 1.807) is 18.4 Å². The summed E-state index contributed by atoms with van der Waals surface area (Å²) in [4.78, 5) is 17.0. The fraction of sp³-hybridized carbons (Fsp3) is 0.250. The minimum Gasteiger partial charge on any atom is -0.497 e. The first kappa shape index (κ1) is 22.6. The van der Waals surface area contributed by atoms with Crippen molar-refractivity contribution in [2.45, 2.75) is 0 Å². The molecule has 6 heteroatoms. The van der Waals surface area contributed by atoms with Gasteiger partial charge in [-0.15, -0.1) is 11.3 Å². The van der Waals surface area contributed by atoms with Crippen molar-refractivity contribution in [3.8, 4) is 21.9 Å². The van der Waals surface area contributed by atoms with Crippen LogP contribution in [0.15, 0.2) is 72.8 Å². The maximum absolute atomic E-state index is 13.7. The Bertz CT molecular complexity index is 1260. The van der Waals surface area contributed by atoms with E-state index < -0.39 is 0 Å². The van der Waals surface area contributed by atoms with Crippen LogP contribution in [-0.4, -0.2) is 57.2 Å². The highest BCUT2D eigenvalue weighted by atomic mass is 32.1. The van der Waals surface area contributed by atoms with Gasteiger partial charge < -0.3 is 14.2 Å². The Morgan fingerprint density at radius 1 is 0.941 bits per heavy atom. The van der Waals surface area contributed by atoms with E-state index in [1.165, 1.54) is 0 Å². The van der Waals surface area contributed by atoms with Crippen molar-refractivity contribution in [1.82, 2.24) is 4.90 Å². The summed E-state index contributed by atoms with van der Waals surface area (Å²) in [6.07, 6.45) is 0. The molecule has 1 aliphatic heterocycles. The number of carbonyl (C=O) groups is 1. The third-order valence-electron chi connectivity index (χ3n) is 6.07. The molecule has 1 fully saturated rings. The van der Waals surface area contributed by atoms with Crippen LogP contribution in [0.4, 0.5) is 0 Å². The van der Waals surface area contributed by atoms with Crippen molar-refractivity contribution in [3.05, 3.63) is 83.9 Å². The van der Waals surface area contributed by atoms with Crippen LogP contribution in [0.5, 0.6) is 11.5 Å². The number of morpholine rings is 1. The number of fused-ring (bicyclic) bond motifs is 1. The fourth-order valence-electron chi connectivity index (χ4n) is 4.18. The molecule has 1 aromatic heterocycles. The second-order valence-corrected chi connectivity index (χ2v) is 9.24. The van der Waals surface area contributed by atoms with Crippen LogP contribution in [0.2, 0.25) is 0 Å². The number of hydrogen-bond acceptors (Lipinski definition) is 6. The van der Waals surface area contributed by atoms with Crippen molar-refractivity contribution in [2.75, 3.05) is 46.6 Å². The molecule has 0 amide bonds. The summed E-state index contributed by atoms with van der Waals surface area (Å²) in [5.74, 6) is 1.58. The molecule has 174 valence electrons. The van der Waals surface area contributed by atoms with Crippen LogP contribution >= 0.6 is 11.3 Å². The van der Waals surface area contributed by atoms with Gasteiger partial charge in [-0.2, -0.15) is 0 Å². The smallest absolute Gasteiger partial charge is 0.195 e. The molecule has 4 aromatic rings. The highest BCUT2D eigenvalue weighted by molar-refractivity contribution is 7.22. The molecule has 0 aliphatic carbocycles. The molecule has 1 aliphatic rings. The Labute approximate surface area is 203 Å². The standard InChI is InChI=1S/C28H27NO4S/c1-31-22-10-8-21(9-11-22)28-26(24-4-2-3-5-25(24)34-28)27(30)20-6-12-23(13-7-20)33-19-16-29-14-17-32-18-15-29/h2-13H,14-19H2,1H3. The fourth-order valence-corrected chi connectivity index (χ4v) is 5.39. The molecule has 34 heavy (non-hydrogen) atoms. The Kier molecular flexibility index (Phi) is 6.90. The number of ether oxygens (including phenoxy) is 3. The van der Waals surface area contributed by atoms with Crippen LogP contribution in [0, 0.1) is 0 Å². The predicted octanol–water partition coefficient (Wildman–Crippen LogP) is 5.52. The Balaban J connectivity index is 1.37. The Morgan fingerprint density at radius 2 is 1.65 bits per heavy atom. The van der Waals surface area contributed by atoms with Crippen LogP contribution < -0.4 is 9.47 Å². The number of methoxy groups -OCH3 is 1. The molecule has 0 N–H and O–H groups in total. The lowest BCUT2D eigenvalue weighted by Crippen LogP contribution is -2.38. The first-order chi connectivity index (χ1) is 16.7. The predicted molar refractivity (Wildman–Crippen MR) is 136 cm³/mol. The van der Waals surface area contributed by atoms with Crippen LogP contribution in [0.3, 0.4) is 0 Å². The average molecular weight is 474 g/mol. The molecule has 0 saturated carbocycles. The molecule has 5 rings (SSSR count). The zero-order chi connectivity index (χ0) is 23.3. The third kappa shape index (κ3) is 4.85. The zero-order valence-corrected chi connectivity index (χ0v) is 20.0. The number of hydrogen-bond donors (Lipinski definition) is 0. The first-order valence-corrected chi connectivity index (χ1v) is 12.3. The molecule has 0 radical (unpaired) electrons. The molecule has 0 bridgehead atoms. The minimum absolute atomic E-state index is 0.0168. The second-order valence-electron chi connectivity index (χ2n) is 8.19. The van der Waals surface area contributed by atoms with Crippen LogP contribution in [-0.2, 0) is 4.74 Å². The second kappa shape index (κ2) is 10.4. The van der Waals surface area contributed by atoms with E-state index in [4.69, 9.17) is 14.2 Å². The van der Waals surface area contributed by atoms with E-state index in [2.05, 4.69) is 11.0 Å². The molecule has 0 spiro atoms. The lowest BCUT2D eigenvalue weighted by molar-refractivity contribution is 0.0322. The average Bonchev–Trinajstić information content (AvgIpc) is 3.29. The van der Waals surface area contributed by atoms with Gasteiger partial charge in [-0.3, -0.25) is 9.69 Å². The number of ketones is 1. The lowest BCUT2D eigenvalue weighted by atomic mass is 9.97. The highest BCUT2D eigenvalue weighted by Crippen LogP contribution is 2.40. The van der Waals surface area contributed by atoms with Crippen molar-refractivity contribution in [2.24, 2.45) is 0 Å². The third-order valence-corrected chi connectivity index (χ3v) is 7.29. The van der Waals surface area contributed by atoms with Crippen LogP contribution in [0.1, 0.15) is 15.9 Å². The van der Waals surface area contributed by atoms with E-state index in [0.29, 0.717) is 12.2 Å². The summed E-state index contributed by atoms with van der Waals surface area (Å²) in [5, 5.41) is 0.981. The number of rotatable bonds is 8. The SMILES string of the molecule is COc1ccc(-c2sc3ccccc3c2C(=O)c2ccc(OCCN3CCOCC3)cc2)cc1. The monoisotopic (exact) mass is 473 g/mol. The maximum Gasteiger partial charge on any atom is 0.195 e. The molecular weight excluding hydrogens is 446 g/mol. The van der Waals surface area contributed by atoms with Crippen molar-refractivity contribution in [1.29, 1.82) is 0 Å². The van der Waals surface area contributed by atoms with Crippen molar-refractivity contribution in [3.63, 3.8) is 0 Å². The Morgan fingerprint density at radius 3 is 2.38 bits per heavy atom. The Hall–Kier alpha value is -3.19. The highest BCUT2D eigenvalue weighted by Gasteiger charge is 2.21. The molecule has 0 unspecified atom stereocenters. The number of thiophene rings is 1. The van der Waals surface area contributed by atoms with Gasteiger partial charge in [0.2, 0.25) is 0 Å². The van der Waals surface area contributed by atoms with Crippen molar-refractivity contribution >= 4 is 27.2 Å². The maximum atomic E-state index is 13.7. The topological polar surface area (TPSA) is 48.0 Å². The summed E-state index contributed by atoms with van der Waals surface area (Å²) in [6, 6.07) is 23.4. The van der Waals surface area contributed by atoms with E-state index in [0.717, 1.165) is 70.4 Å². The first-order valence-electron chi connectivity index (χ1n) is 11.5. The minimum atomic E-state index is 0.0168. The van der Waals surface area contributed by atoms with Gasteiger partial charge in [-0.25, -0.2) is 0 Å².